The molecule has 2 aromatic rings. The molecule has 96 valence electrons. The van der Waals surface area contributed by atoms with Crippen molar-refractivity contribution in [3.05, 3.63) is 22.6 Å². The summed E-state index contributed by atoms with van der Waals surface area (Å²) in [7, 11) is 3.66. The Kier molecular flexibility index (Phi) is 3.38. The van der Waals surface area contributed by atoms with E-state index in [1.807, 2.05) is 25.6 Å². The van der Waals surface area contributed by atoms with Crippen LogP contribution in [-0.2, 0) is 7.05 Å². The largest absolute Gasteiger partial charge is 0.372 e. The fourth-order valence-corrected chi connectivity index (χ4v) is 1.85. The molecule has 0 aliphatic rings. The number of hydrogen-bond acceptors (Lipinski definition) is 5. The smallest absolute Gasteiger partial charge is 0.229 e. The Morgan fingerprint density at radius 2 is 2.06 bits per heavy atom. The molecular weight excluding hydrogens is 252 g/mol. The van der Waals surface area contributed by atoms with Crippen LogP contribution in [0.15, 0.2) is 6.20 Å². The maximum absolute atomic E-state index is 5.93. The summed E-state index contributed by atoms with van der Waals surface area (Å²) in [6, 6.07) is 0. The summed E-state index contributed by atoms with van der Waals surface area (Å²) in [4.78, 5) is 8.42. The third-order valence-electron chi connectivity index (χ3n) is 2.73. The van der Waals surface area contributed by atoms with Gasteiger partial charge in [0, 0.05) is 14.1 Å². The highest BCUT2D eigenvalue weighted by molar-refractivity contribution is 6.32. The molecule has 0 saturated heterocycles. The Bertz CT molecular complexity index is 577. The van der Waals surface area contributed by atoms with Crippen molar-refractivity contribution in [3.8, 4) is 0 Å². The Hall–Kier alpha value is -1.82. The van der Waals surface area contributed by atoms with Gasteiger partial charge in [-0.3, -0.25) is 4.68 Å². The van der Waals surface area contributed by atoms with Crippen molar-refractivity contribution in [2.24, 2.45) is 7.05 Å². The van der Waals surface area contributed by atoms with E-state index in [1.165, 1.54) is 0 Å². The lowest BCUT2D eigenvalue weighted by Crippen LogP contribution is -2.02. The molecule has 0 radical (unpaired) electrons. The molecule has 0 atom stereocenters. The molecule has 2 rings (SSSR count). The van der Waals surface area contributed by atoms with Crippen molar-refractivity contribution in [1.29, 1.82) is 0 Å². The van der Waals surface area contributed by atoms with E-state index >= 15 is 0 Å². The van der Waals surface area contributed by atoms with Gasteiger partial charge >= 0.3 is 0 Å². The van der Waals surface area contributed by atoms with E-state index in [9.17, 15) is 0 Å². The Morgan fingerprint density at radius 1 is 1.33 bits per heavy atom. The summed E-state index contributed by atoms with van der Waals surface area (Å²) in [6.45, 7) is 3.92. The summed E-state index contributed by atoms with van der Waals surface area (Å²) in [5.41, 5.74) is 2.85. The molecule has 2 heterocycles. The number of rotatable bonds is 3. The van der Waals surface area contributed by atoms with Crippen molar-refractivity contribution in [2.75, 3.05) is 17.7 Å². The molecule has 0 spiro atoms. The van der Waals surface area contributed by atoms with Gasteiger partial charge in [-0.05, 0) is 13.8 Å². The van der Waals surface area contributed by atoms with Gasteiger partial charge in [0.25, 0.3) is 0 Å². The minimum Gasteiger partial charge on any atom is -0.372 e. The van der Waals surface area contributed by atoms with E-state index in [-0.39, 0.29) is 0 Å². The van der Waals surface area contributed by atoms with Crippen LogP contribution in [0.1, 0.15) is 11.4 Å². The average molecular weight is 267 g/mol. The quantitative estimate of drug-likeness (QED) is 0.892. The summed E-state index contributed by atoms with van der Waals surface area (Å²) >= 11 is 5.93. The van der Waals surface area contributed by atoms with E-state index in [4.69, 9.17) is 11.6 Å². The molecule has 0 saturated carbocycles. The zero-order valence-corrected chi connectivity index (χ0v) is 11.5. The Morgan fingerprint density at radius 3 is 2.61 bits per heavy atom. The number of anilines is 3. The zero-order chi connectivity index (χ0) is 13.3. The summed E-state index contributed by atoms with van der Waals surface area (Å²) in [6.07, 6.45) is 1.56. The predicted octanol–water partition coefficient (Wildman–Crippen LogP) is 2.27. The zero-order valence-electron chi connectivity index (χ0n) is 10.7. The molecule has 0 aliphatic carbocycles. The van der Waals surface area contributed by atoms with Crippen LogP contribution in [0.2, 0.25) is 5.02 Å². The summed E-state index contributed by atoms with van der Waals surface area (Å²) < 4.78 is 1.81. The van der Waals surface area contributed by atoms with Gasteiger partial charge in [-0.15, -0.1) is 0 Å². The predicted molar refractivity (Wildman–Crippen MR) is 72.6 cm³/mol. The molecule has 7 heteroatoms. The van der Waals surface area contributed by atoms with Crippen LogP contribution in [0.5, 0.6) is 0 Å². The van der Waals surface area contributed by atoms with Crippen molar-refractivity contribution >= 4 is 29.1 Å². The topological polar surface area (TPSA) is 67.7 Å². The number of hydrogen-bond donors (Lipinski definition) is 2. The van der Waals surface area contributed by atoms with Gasteiger partial charge in [0.05, 0.1) is 23.3 Å². The SMILES string of the molecule is CNc1nc(Nc2c(C)nn(C)c2C)ncc1Cl. The van der Waals surface area contributed by atoms with E-state index in [0.717, 1.165) is 17.1 Å². The highest BCUT2D eigenvalue weighted by Gasteiger charge is 2.11. The first kappa shape index (κ1) is 12.6. The third-order valence-corrected chi connectivity index (χ3v) is 3.00. The maximum Gasteiger partial charge on any atom is 0.229 e. The normalized spacial score (nSPS) is 10.5. The lowest BCUT2D eigenvalue weighted by Gasteiger charge is -2.07. The molecular formula is C11H15ClN6. The Balaban J connectivity index is 2.34. The molecule has 2 aromatic heterocycles. The van der Waals surface area contributed by atoms with E-state index < -0.39 is 0 Å². The van der Waals surface area contributed by atoms with Crippen LogP contribution in [0, 0.1) is 13.8 Å². The molecule has 2 N–H and O–H groups in total. The minimum absolute atomic E-state index is 0.489. The number of halogens is 1. The van der Waals surface area contributed by atoms with Crippen molar-refractivity contribution in [3.63, 3.8) is 0 Å². The first-order valence-corrected chi connectivity index (χ1v) is 5.88. The van der Waals surface area contributed by atoms with Gasteiger partial charge < -0.3 is 10.6 Å². The maximum atomic E-state index is 5.93. The first-order chi connectivity index (χ1) is 8.52. The van der Waals surface area contributed by atoms with E-state index in [1.54, 1.807) is 13.2 Å². The number of aromatic nitrogens is 4. The van der Waals surface area contributed by atoms with E-state index in [0.29, 0.717) is 16.8 Å². The molecule has 18 heavy (non-hydrogen) atoms. The van der Waals surface area contributed by atoms with Crippen LogP contribution in [0.3, 0.4) is 0 Å². The van der Waals surface area contributed by atoms with Gasteiger partial charge in [0.15, 0.2) is 0 Å². The summed E-state index contributed by atoms with van der Waals surface area (Å²) in [5.74, 6) is 1.08. The first-order valence-electron chi connectivity index (χ1n) is 5.50. The monoisotopic (exact) mass is 266 g/mol. The highest BCUT2D eigenvalue weighted by atomic mass is 35.5. The highest BCUT2D eigenvalue weighted by Crippen LogP contribution is 2.24. The van der Waals surface area contributed by atoms with Gasteiger partial charge in [-0.25, -0.2) is 4.98 Å². The molecule has 0 aromatic carbocycles. The lowest BCUT2D eigenvalue weighted by atomic mass is 10.3. The second-order valence-electron chi connectivity index (χ2n) is 3.93. The lowest BCUT2D eigenvalue weighted by molar-refractivity contribution is 0.731. The van der Waals surface area contributed by atoms with Crippen LogP contribution in [0.25, 0.3) is 0 Å². The van der Waals surface area contributed by atoms with Gasteiger partial charge in [-0.2, -0.15) is 10.1 Å². The van der Waals surface area contributed by atoms with Gasteiger partial charge in [-0.1, -0.05) is 11.6 Å². The minimum atomic E-state index is 0.489. The molecule has 0 bridgehead atoms. The number of aryl methyl sites for hydroxylation is 2. The average Bonchev–Trinajstić information content (AvgIpc) is 2.58. The van der Waals surface area contributed by atoms with E-state index in [2.05, 4.69) is 25.7 Å². The standard InChI is InChI=1S/C11H15ClN6/c1-6-9(7(2)18(4)17-6)15-11-14-5-8(12)10(13-3)16-11/h5H,1-4H3,(H2,13,14,15,16). The summed E-state index contributed by atoms with van der Waals surface area (Å²) in [5, 5.41) is 10.9. The van der Waals surface area contributed by atoms with Crippen LogP contribution in [0.4, 0.5) is 17.5 Å². The second kappa shape index (κ2) is 4.81. The molecule has 0 amide bonds. The van der Waals surface area contributed by atoms with Crippen molar-refractivity contribution in [2.45, 2.75) is 13.8 Å². The number of nitrogens with zero attached hydrogens (tertiary/aromatic N) is 4. The van der Waals surface area contributed by atoms with Crippen molar-refractivity contribution < 1.29 is 0 Å². The molecule has 0 unspecified atom stereocenters. The van der Waals surface area contributed by atoms with Crippen LogP contribution in [-0.4, -0.2) is 26.8 Å². The fraction of sp³-hybridized carbons (Fsp3) is 0.364. The van der Waals surface area contributed by atoms with Gasteiger partial charge in [0.1, 0.15) is 10.8 Å². The second-order valence-corrected chi connectivity index (χ2v) is 4.34. The molecule has 0 fully saturated rings. The van der Waals surface area contributed by atoms with Gasteiger partial charge in [0.2, 0.25) is 5.95 Å². The fourth-order valence-electron chi connectivity index (χ4n) is 1.67. The van der Waals surface area contributed by atoms with Crippen molar-refractivity contribution in [1.82, 2.24) is 19.7 Å². The third kappa shape index (κ3) is 2.24. The number of nitrogens with one attached hydrogen (secondary N) is 2. The van der Waals surface area contributed by atoms with Crippen LogP contribution >= 0.6 is 11.6 Å². The Labute approximate surface area is 110 Å². The van der Waals surface area contributed by atoms with Crippen LogP contribution < -0.4 is 10.6 Å². The molecule has 6 nitrogen and oxygen atoms in total. The molecule has 0 aliphatic heterocycles.